The number of rotatable bonds is 5. The number of thioether (sulfide) groups is 1. The number of amides is 1. The summed E-state index contributed by atoms with van der Waals surface area (Å²) in [5, 5.41) is 3.44. The van der Waals surface area contributed by atoms with Gasteiger partial charge in [0.15, 0.2) is 5.16 Å². The summed E-state index contributed by atoms with van der Waals surface area (Å²) in [6, 6.07) is 9.14. The minimum atomic E-state index is -0.235. The predicted octanol–water partition coefficient (Wildman–Crippen LogP) is 3.04. The molecule has 1 aromatic heterocycles. The average Bonchev–Trinajstić information content (AvgIpc) is 2.50. The number of benzene rings is 1. The first kappa shape index (κ1) is 17.3. The number of hydrogen-bond donors (Lipinski definition) is 1. The summed E-state index contributed by atoms with van der Waals surface area (Å²) in [5.41, 5.74) is 2.29. The molecule has 1 amide bonds. The number of hydrogen-bond acceptors (Lipinski definition) is 4. The highest BCUT2D eigenvalue weighted by atomic mass is 32.2. The molecule has 0 fully saturated rings. The number of nitrogens with one attached hydrogen (secondary N) is 1. The van der Waals surface area contributed by atoms with Crippen molar-refractivity contribution in [2.24, 2.45) is 0 Å². The molecular formula is C17H21N3O2S. The van der Waals surface area contributed by atoms with Crippen molar-refractivity contribution in [1.29, 1.82) is 0 Å². The lowest BCUT2D eigenvalue weighted by molar-refractivity contribution is -0.116. The van der Waals surface area contributed by atoms with Crippen LogP contribution in [-0.2, 0) is 11.3 Å². The van der Waals surface area contributed by atoms with Gasteiger partial charge in [-0.2, -0.15) is 0 Å². The van der Waals surface area contributed by atoms with Crippen molar-refractivity contribution >= 4 is 23.4 Å². The second kappa shape index (κ2) is 7.46. The lowest BCUT2D eigenvalue weighted by atomic mass is 10.0. The lowest BCUT2D eigenvalue weighted by Gasteiger charge is -2.15. The lowest BCUT2D eigenvalue weighted by Crippen LogP contribution is -2.29. The molecule has 6 heteroatoms. The molecule has 0 bridgehead atoms. The molecule has 0 aliphatic carbocycles. The predicted molar refractivity (Wildman–Crippen MR) is 94.2 cm³/mol. The number of nitrogens with zero attached hydrogens (tertiary/aromatic N) is 2. The second-order valence-corrected chi connectivity index (χ2v) is 6.37. The Bertz CT molecular complexity index is 769. The summed E-state index contributed by atoms with van der Waals surface area (Å²) in [4.78, 5) is 28.8. The molecule has 0 aliphatic rings. The van der Waals surface area contributed by atoms with Crippen LogP contribution >= 0.6 is 11.8 Å². The first-order valence-corrected chi connectivity index (χ1v) is 8.66. The van der Waals surface area contributed by atoms with Crippen LogP contribution in [0.2, 0.25) is 0 Å². The van der Waals surface area contributed by atoms with Crippen LogP contribution in [0.1, 0.15) is 31.0 Å². The minimum absolute atomic E-state index is 0.0469. The van der Waals surface area contributed by atoms with Crippen molar-refractivity contribution in [3.63, 3.8) is 0 Å². The van der Waals surface area contributed by atoms with Crippen LogP contribution in [0.3, 0.4) is 0 Å². The average molecular weight is 331 g/mol. The van der Waals surface area contributed by atoms with Crippen LogP contribution in [0.25, 0.3) is 0 Å². The SMILES string of the molecule is CSc1nc(C)cc(=O)n1CC(=O)Nc1ccccc1C(C)C. The van der Waals surface area contributed by atoms with E-state index in [1.54, 1.807) is 6.92 Å². The molecule has 1 aromatic carbocycles. The molecule has 0 saturated carbocycles. The zero-order valence-corrected chi connectivity index (χ0v) is 14.6. The largest absolute Gasteiger partial charge is 0.324 e. The zero-order chi connectivity index (χ0) is 17.0. The van der Waals surface area contributed by atoms with Gasteiger partial charge in [0.05, 0.1) is 0 Å². The number of aromatic nitrogens is 2. The topological polar surface area (TPSA) is 64.0 Å². The van der Waals surface area contributed by atoms with Gasteiger partial charge in [0.2, 0.25) is 5.91 Å². The molecule has 0 radical (unpaired) electrons. The normalized spacial score (nSPS) is 10.8. The molecule has 122 valence electrons. The van der Waals surface area contributed by atoms with Crippen molar-refractivity contribution in [3.8, 4) is 0 Å². The van der Waals surface area contributed by atoms with Crippen molar-refractivity contribution in [2.75, 3.05) is 11.6 Å². The maximum atomic E-state index is 12.4. The number of para-hydroxylation sites is 1. The summed E-state index contributed by atoms with van der Waals surface area (Å²) in [6.45, 7) is 5.87. The van der Waals surface area contributed by atoms with E-state index in [1.807, 2.05) is 30.5 Å². The van der Waals surface area contributed by atoms with Crippen LogP contribution in [0.5, 0.6) is 0 Å². The molecular weight excluding hydrogens is 310 g/mol. The van der Waals surface area contributed by atoms with Gasteiger partial charge in [-0.25, -0.2) is 4.98 Å². The first-order valence-electron chi connectivity index (χ1n) is 7.43. The molecule has 2 rings (SSSR count). The number of aryl methyl sites for hydroxylation is 1. The summed E-state index contributed by atoms with van der Waals surface area (Å²) >= 11 is 1.35. The van der Waals surface area contributed by atoms with E-state index in [0.29, 0.717) is 16.8 Å². The summed E-state index contributed by atoms with van der Waals surface area (Å²) in [7, 11) is 0. The van der Waals surface area contributed by atoms with E-state index in [9.17, 15) is 9.59 Å². The van der Waals surface area contributed by atoms with Crippen LogP contribution in [0, 0.1) is 6.92 Å². The van der Waals surface area contributed by atoms with E-state index in [2.05, 4.69) is 24.1 Å². The Labute approximate surface area is 140 Å². The van der Waals surface area contributed by atoms with Crippen molar-refractivity contribution < 1.29 is 4.79 Å². The monoisotopic (exact) mass is 331 g/mol. The van der Waals surface area contributed by atoms with Crippen LogP contribution < -0.4 is 10.9 Å². The highest BCUT2D eigenvalue weighted by Crippen LogP contribution is 2.23. The molecule has 1 heterocycles. The molecule has 0 atom stereocenters. The van der Waals surface area contributed by atoms with Gasteiger partial charge in [0, 0.05) is 17.4 Å². The Morgan fingerprint density at radius 1 is 1.35 bits per heavy atom. The van der Waals surface area contributed by atoms with Gasteiger partial charge >= 0.3 is 0 Å². The Morgan fingerprint density at radius 2 is 2.04 bits per heavy atom. The molecule has 1 N–H and O–H groups in total. The van der Waals surface area contributed by atoms with Crippen LogP contribution in [0.15, 0.2) is 40.3 Å². The fraction of sp³-hybridized carbons (Fsp3) is 0.353. The summed E-state index contributed by atoms with van der Waals surface area (Å²) in [6.07, 6.45) is 1.84. The number of carbonyl (C=O) groups excluding carboxylic acids is 1. The van der Waals surface area contributed by atoms with Crippen LogP contribution in [0.4, 0.5) is 5.69 Å². The minimum Gasteiger partial charge on any atom is -0.324 e. The zero-order valence-electron chi connectivity index (χ0n) is 13.8. The Balaban J connectivity index is 2.23. The number of carbonyl (C=O) groups is 1. The third-order valence-corrected chi connectivity index (χ3v) is 4.12. The van der Waals surface area contributed by atoms with E-state index in [0.717, 1.165) is 11.3 Å². The van der Waals surface area contributed by atoms with Crippen molar-refractivity contribution in [2.45, 2.75) is 38.4 Å². The van der Waals surface area contributed by atoms with Gasteiger partial charge in [0.25, 0.3) is 5.56 Å². The van der Waals surface area contributed by atoms with E-state index in [1.165, 1.54) is 22.4 Å². The highest BCUT2D eigenvalue weighted by Gasteiger charge is 2.13. The summed E-state index contributed by atoms with van der Waals surface area (Å²) < 4.78 is 1.39. The van der Waals surface area contributed by atoms with Gasteiger partial charge in [-0.3, -0.25) is 14.2 Å². The van der Waals surface area contributed by atoms with Gasteiger partial charge in [-0.15, -0.1) is 0 Å². The molecule has 23 heavy (non-hydrogen) atoms. The highest BCUT2D eigenvalue weighted by molar-refractivity contribution is 7.98. The van der Waals surface area contributed by atoms with Crippen LogP contribution in [-0.4, -0.2) is 21.7 Å². The van der Waals surface area contributed by atoms with Gasteiger partial charge < -0.3 is 5.32 Å². The quantitative estimate of drug-likeness (QED) is 0.676. The molecule has 0 unspecified atom stereocenters. The number of anilines is 1. The molecule has 5 nitrogen and oxygen atoms in total. The molecule has 0 spiro atoms. The fourth-order valence-electron chi connectivity index (χ4n) is 2.34. The molecule has 0 aliphatic heterocycles. The standard InChI is InChI=1S/C17H21N3O2S/c1-11(2)13-7-5-6-8-14(13)19-15(21)10-20-16(22)9-12(3)18-17(20)23-4/h5-9,11H,10H2,1-4H3,(H,19,21). The maximum Gasteiger partial charge on any atom is 0.254 e. The fourth-order valence-corrected chi connectivity index (χ4v) is 2.95. The van der Waals surface area contributed by atoms with E-state index >= 15 is 0 Å². The first-order chi connectivity index (χ1) is 10.9. The molecule has 2 aromatic rings. The van der Waals surface area contributed by atoms with Gasteiger partial charge in [0.1, 0.15) is 6.54 Å². The van der Waals surface area contributed by atoms with E-state index in [4.69, 9.17) is 0 Å². The van der Waals surface area contributed by atoms with Crippen molar-refractivity contribution in [3.05, 3.63) is 51.9 Å². The Hall–Kier alpha value is -2.08. The third-order valence-electron chi connectivity index (χ3n) is 3.44. The Kier molecular flexibility index (Phi) is 5.60. The summed E-state index contributed by atoms with van der Waals surface area (Å²) in [5.74, 6) is 0.0678. The Morgan fingerprint density at radius 3 is 2.70 bits per heavy atom. The van der Waals surface area contributed by atoms with E-state index < -0.39 is 0 Å². The van der Waals surface area contributed by atoms with Gasteiger partial charge in [-0.1, -0.05) is 43.8 Å². The van der Waals surface area contributed by atoms with E-state index in [-0.39, 0.29) is 18.0 Å². The smallest absolute Gasteiger partial charge is 0.254 e. The van der Waals surface area contributed by atoms with Crippen molar-refractivity contribution in [1.82, 2.24) is 9.55 Å². The maximum absolute atomic E-state index is 12.4. The third kappa shape index (κ3) is 4.22. The second-order valence-electron chi connectivity index (χ2n) is 5.60. The molecule has 0 saturated heterocycles. The van der Waals surface area contributed by atoms with Gasteiger partial charge in [-0.05, 0) is 30.7 Å².